The average Bonchev–Trinajstić information content (AvgIpc) is 2.28. The molecule has 5 heteroatoms. The second-order valence-corrected chi connectivity index (χ2v) is 3.46. The first-order chi connectivity index (χ1) is 8.17. The molecule has 1 aromatic heterocycles. The third-order valence-electron chi connectivity index (χ3n) is 2.12. The molecule has 1 aromatic carbocycles. The summed E-state index contributed by atoms with van der Waals surface area (Å²) in [5.74, 6) is 2.84. The van der Waals surface area contributed by atoms with Gasteiger partial charge in [-0.05, 0) is 31.2 Å². The number of aryl methyl sites for hydroxylation is 1. The van der Waals surface area contributed by atoms with E-state index in [0.29, 0.717) is 23.3 Å². The fourth-order valence-corrected chi connectivity index (χ4v) is 1.38. The van der Waals surface area contributed by atoms with Gasteiger partial charge in [0.1, 0.15) is 23.1 Å². The van der Waals surface area contributed by atoms with Crippen molar-refractivity contribution in [2.75, 3.05) is 12.8 Å². The van der Waals surface area contributed by atoms with Crippen molar-refractivity contribution in [3.05, 3.63) is 36.2 Å². The molecule has 88 valence electrons. The molecule has 0 aliphatic heterocycles. The van der Waals surface area contributed by atoms with Crippen LogP contribution in [0.3, 0.4) is 0 Å². The van der Waals surface area contributed by atoms with Gasteiger partial charge in [0.05, 0.1) is 7.11 Å². The zero-order valence-electron chi connectivity index (χ0n) is 9.68. The molecular weight excluding hydrogens is 218 g/mol. The van der Waals surface area contributed by atoms with Crippen LogP contribution < -0.4 is 15.2 Å². The first kappa shape index (κ1) is 11.2. The van der Waals surface area contributed by atoms with Gasteiger partial charge in [0, 0.05) is 6.07 Å². The van der Waals surface area contributed by atoms with Gasteiger partial charge in [-0.25, -0.2) is 4.98 Å². The predicted molar refractivity (Wildman–Crippen MR) is 64.2 cm³/mol. The van der Waals surface area contributed by atoms with Gasteiger partial charge in [0.2, 0.25) is 5.88 Å². The molecule has 0 bridgehead atoms. The molecule has 0 saturated heterocycles. The Morgan fingerprint density at radius 2 is 1.71 bits per heavy atom. The molecule has 0 saturated carbocycles. The van der Waals surface area contributed by atoms with Crippen LogP contribution in [0, 0.1) is 6.92 Å². The van der Waals surface area contributed by atoms with Gasteiger partial charge in [0.15, 0.2) is 0 Å². The number of benzene rings is 1. The second kappa shape index (κ2) is 4.69. The van der Waals surface area contributed by atoms with Crippen molar-refractivity contribution in [3.8, 4) is 17.4 Å². The van der Waals surface area contributed by atoms with Crippen molar-refractivity contribution in [2.24, 2.45) is 0 Å². The maximum absolute atomic E-state index is 5.61. The summed E-state index contributed by atoms with van der Waals surface area (Å²) < 4.78 is 10.6. The SMILES string of the molecule is COc1ccc(Oc2cc(N)nc(C)n2)cc1. The van der Waals surface area contributed by atoms with Crippen LogP contribution in [0.2, 0.25) is 0 Å². The highest BCUT2D eigenvalue weighted by Crippen LogP contribution is 2.23. The molecule has 0 radical (unpaired) electrons. The number of hydrogen-bond donors (Lipinski definition) is 1. The average molecular weight is 231 g/mol. The van der Waals surface area contributed by atoms with E-state index in [2.05, 4.69) is 9.97 Å². The van der Waals surface area contributed by atoms with Crippen LogP contribution in [0.4, 0.5) is 5.82 Å². The Balaban J connectivity index is 2.19. The largest absolute Gasteiger partial charge is 0.497 e. The molecule has 0 unspecified atom stereocenters. The van der Waals surface area contributed by atoms with Crippen molar-refractivity contribution in [1.82, 2.24) is 9.97 Å². The Morgan fingerprint density at radius 1 is 1.06 bits per heavy atom. The fraction of sp³-hybridized carbons (Fsp3) is 0.167. The van der Waals surface area contributed by atoms with Crippen molar-refractivity contribution < 1.29 is 9.47 Å². The zero-order valence-corrected chi connectivity index (χ0v) is 9.68. The maximum atomic E-state index is 5.61. The molecule has 1 heterocycles. The molecule has 2 N–H and O–H groups in total. The minimum atomic E-state index is 0.390. The summed E-state index contributed by atoms with van der Waals surface area (Å²) in [6.45, 7) is 1.76. The van der Waals surface area contributed by atoms with Crippen LogP contribution in [0.1, 0.15) is 5.82 Å². The predicted octanol–water partition coefficient (Wildman–Crippen LogP) is 2.17. The second-order valence-electron chi connectivity index (χ2n) is 3.46. The molecule has 0 spiro atoms. The van der Waals surface area contributed by atoms with Gasteiger partial charge < -0.3 is 15.2 Å². The first-order valence-electron chi connectivity index (χ1n) is 5.10. The van der Waals surface area contributed by atoms with Crippen molar-refractivity contribution in [1.29, 1.82) is 0 Å². The zero-order chi connectivity index (χ0) is 12.3. The Kier molecular flexibility index (Phi) is 3.09. The van der Waals surface area contributed by atoms with E-state index < -0.39 is 0 Å². The molecule has 0 aliphatic rings. The fourth-order valence-electron chi connectivity index (χ4n) is 1.38. The number of nitrogens with two attached hydrogens (primary N) is 1. The lowest BCUT2D eigenvalue weighted by atomic mass is 10.3. The molecule has 0 atom stereocenters. The first-order valence-corrected chi connectivity index (χ1v) is 5.10. The number of nitrogen functional groups attached to an aromatic ring is 1. The summed E-state index contributed by atoms with van der Waals surface area (Å²) in [5, 5.41) is 0. The van der Waals surface area contributed by atoms with Crippen molar-refractivity contribution >= 4 is 5.82 Å². The van der Waals surface area contributed by atoms with E-state index in [1.165, 1.54) is 0 Å². The Labute approximate surface area is 99.2 Å². The van der Waals surface area contributed by atoms with Crippen LogP contribution >= 0.6 is 0 Å². The van der Waals surface area contributed by atoms with Crippen molar-refractivity contribution in [3.63, 3.8) is 0 Å². The minimum Gasteiger partial charge on any atom is -0.497 e. The summed E-state index contributed by atoms with van der Waals surface area (Å²) in [5.41, 5.74) is 5.61. The van der Waals surface area contributed by atoms with Gasteiger partial charge in [-0.15, -0.1) is 0 Å². The van der Waals surface area contributed by atoms with Gasteiger partial charge in [0.25, 0.3) is 0 Å². The van der Waals surface area contributed by atoms with Crippen LogP contribution in [-0.2, 0) is 0 Å². The van der Waals surface area contributed by atoms with E-state index in [1.807, 2.05) is 12.1 Å². The highest BCUT2D eigenvalue weighted by Gasteiger charge is 2.02. The molecule has 0 amide bonds. The molecule has 5 nitrogen and oxygen atoms in total. The normalized spacial score (nSPS) is 10.0. The van der Waals surface area contributed by atoms with Gasteiger partial charge >= 0.3 is 0 Å². The third-order valence-corrected chi connectivity index (χ3v) is 2.12. The molecular formula is C12H13N3O2. The van der Waals surface area contributed by atoms with E-state index in [9.17, 15) is 0 Å². The molecule has 0 fully saturated rings. The lowest BCUT2D eigenvalue weighted by Gasteiger charge is -2.06. The van der Waals surface area contributed by atoms with E-state index >= 15 is 0 Å². The smallest absolute Gasteiger partial charge is 0.224 e. The Morgan fingerprint density at radius 3 is 2.29 bits per heavy atom. The number of aromatic nitrogens is 2. The molecule has 2 rings (SSSR count). The van der Waals surface area contributed by atoms with Gasteiger partial charge in [-0.3, -0.25) is 0 Å². The Hall–Kier alpha value is -2.30. The lowest BCUT2D eigenvalue weighted by molar-refractivity contribution is 0.412. The standard InChI is InChI=1S/C12H13N3O2/c1-8-14-11(13)7-12(15-8)17-10-5-3-9(16-2)4-6-10/h3-7H,1-2H3,(H2,13,14,15). The van der Waals surface area contributed by atoms with E-state index in [4.69, 9.17) is 15.2 Å². The number of rotatable bonds is 3. The number of nitrogens with zero attached hydrogens (tertiary/aromatic N) is 2. The minimum absolute atomic E-state index is 0.390. The topological polar surface area (TPSA) is 70.3 Å². The van der Waals surface area contributed by atoms with E-state index in [1.54, 1.807) is 32.2 Å². The van der Waals surface area contributed by atoms with Gasteiger partial charge in [-0.2, -0.15) is 4.98 Å². The summed E-state index contributed by atoms with van der Waals surface area (Å²) in [4.78, 5) is 8.10. The quantitative estimate of drug-likeness (QED) is 0.876. The summed E-state index contributed by atoms with van der Waals surface area (Å²) in [6.07, 6.45) is 0. The summed E-state index contributed by atoms with van der Waals surface area (Å²) >= 11 is 0. The highest BCUT2D eigenvalue weighted by molar-refractivity contribution is 5.37. The molecule has 0 aliphatic carbocycles. The van der Waals surface area contributed by atoms with Crippen LogP contribution in [0.25, 0.3) is 0 Å². The van der Waals surface area contributed by atoms with Crippen LogP contribution in [0.5, 0.6) is 17.4 Å². The summed E-state index contributed by atoms with van der Waals surface area (Å²) in [6, 6.07) is 8.80. The maximum Gasteiger partial charge on any atom is 0.224 e. The Bertz CT molecular complexity index is 491. The highest BCUT2D eigenvalue weighted by atomic mass is 16.5. The van der Waals surface area contributed by atoms with Crippen molar-refractivity contribution in [2.45, 2.75) is 6.92 Å². The third kappa shape index (κ3) is 2.84. The number of anilines is 1. The van der Waals surface area contributed by atoms with Crippen LogP contribution in [0.15, 0.2) is 30.3 Å². The van der Waals surface area contributed by atoms with E-state index in [0.717, 1.165) is 5.75 Å². The van der Waals surface area contributed by atoms with E-state index in [-0.39, 0.29) is 0 Å². The molecule has 2 aromatic rings. The monoisotopic (exact) mass is 231 g/mol. The summed E-state index contributed by atoms with van der Waals surface area (Å²) in [7, 11) is 1.62. The lowest BCUT2D eigenvalue weighted by Crippen LogP contribution is -1.97. The molecule has 17 heavy (non-hydrogen) atoms. The number of hydrogen-bond acceptors (Lipinski definition) is 5. The number of methoxy groups -OCH3 is 1. The van der Waals surface area contributed by atoms with Crippen LogP contribution in [-0.4, -0.2) is 17.1 Å². The van der Waals surface area contributed by atoms with Gasteiger partial charge in [-0.1, -0.05) is 0 Å². The number of ether oxygens (including phenoxy) is 2.